The lowest BCUT2D eigenvalue weighted by Crippen LogP contribution is -2.64. The van der Waals surface area contributed by atoms with Gasteiger partial charge in [-0.1, -0.05) is 5.11 Å². The molecule has 2 fully saturated rings. The smallest absolute Gasteiger partial charge is 0.184 e. The van der Waals surface area contributed by atoms with Gasteiger partial charge in [-0.15, -0.1) is 0 Å². The summed E-state index contributed by atoms with van der Waals surface area (Å²) in [6.45, 7) is 3.80. The molecule has 1 N–H and O–H groups in total. The number of aliphatic hydroxyl groups excluding tert-OH is 1. The van der Waals surface area contributed by atoms with Crippen LogP contribution in [0.5, 0.6) is 0 Å². The van der Waals surface area contributed by atoms with Crippen molar-refractivity contribution >= 4 is 0 Å². The molecule has 2 unspecified atom stereocenters. The second-order valence-electron chi connectivity index (χ2n) is 4.76. The van der Waals surface area contributed by atoms with Crippen LogP contribution in [0.15, 0.2) is 5.11 Å². The Morgan fingerprint density at radius 1 is 1.50 bits per heavy atom. The highest BCUT2D eigenvalue weighted by Crippen LogP contribution is 2.33. The Labute approximate surface area is 104 Å². The third-order valence-electron chi connectivity index (χ3n) is 3.07. The molecule has 8 nitrogen and oxygen atoms in total. The Balaban J connectivity index is 2.23. The lowest BCUT2D eigenvalue weighted by Gasteiger charge is -2.48. The van der Waals surface area contributed by atoms with E-state index in [2.05, 4.69) is 10.0 Å². The van der Waals surface area contributed by atoms with Gasteiger partial charge in [0.25, 0.3) is 0 Å². The van der Waals surface area contributed by atoms with E-state index >= 15 is 0 Å². The van der Waals surface area contributed by atoms with Crippen LogP contribution in [0.25, 0.3) is 10.4 Å². The first kappa shape index (κ1) is 13.5. The zero-order valence-electron chi connectivity index (χ0n) is 10.5. The molecule has 2 rings (SSSR count). The van der Waals surface area contributed by atoms with Gasteiger partial charge >= 0.3 is 0 Å². The molecule has 8 heteroatoms. The number of ether oxygens (including phenoxy) is 4. The van der Waals surface area contributed by atoms with Crippen LogP contribution in [0.1, 0.15) is 13.8 Å². The van der Waals surface area contributed by atoms with Gasteiger partial charge in [-0.25, -0.2) is 0 Å². The van der Waals surface area contributed by atoms with E-state index in [0.29, 0.717) is 6.61 Å². The van der Waals surface area contributed by atoms with Crippen molar-refractivity contribution in [3.63, 3.8) is 0 Å². The van der Waals surface area contributed by atoms with Crippen LogP contribution in [0, 0.1) is 0 Å². The number of hydrogen-bond donors (Lipinski definition) is 1. The zero-order valence-corrected chi connectivity index (χ0v) is 10.5. The summed E-state index contributed by atoms with van der Waals surface area (Å²) in [5.74, 6) is -0.798. The molecule has 0 radical (unpaired) electrons. The van der Waals surface area contributed by atoms with E-state index in [0.717, 1.165) is 0 Å². The van der Waals surface area contributed by atoms with Gasteiger partial charge in [0, 0.05) is 12.0 Å². The van der Waals surface area contributed by atoms with E-state index in [1.165, 1.54) is 7.11 Å². The van der Waals surface area contributed by atoms with Crippen LogP contribution in [0.2, 0.25) is 0 Å². The standard InChI is InChI=1S/C10H17N3O5/c1-10(2)16-4-5-8(18-10)6(12-13-11)7(14)9(15-3)17-5/h5-9,14H,4H2,1-3H3/t5?,6-,7-,8?,9+/m0/s1. The lowest BCUT2D eigenvalue weighted by atomic mass is 9.95. The summed E-state index contributed by atoms with van der Waals surface area (Å²) in [7, 11) is 1.41. The third kappa shape index (κ3) is 2.44. The highest BCUT2D eigenvalue weighted by molar-refractivity contribution is 4.97. The van der Waals surface area contributed by atoms with E-state index in [9.17, 15) is 5.11 Å². The fraction of sp³-hybridized carbons (Fsp3) is 1.00. The molecule has 18 heavy (non-hydrogen) atoms. The molecule has 0 aromatic heterocycles. The Bertz CT molecular complexity index is 357. The van der Waals surface area contributed by atoms with Crippen LogP contribution in [-0.4, -0.2) is 55.3 Å². The summed E-state index contributed by atoms with van der Waals surface area (Å²) >= 11 is 0. The fourth-order valence-electron chi connectivity index (χ4n) is 2.22. The molecule has 0 aliphatic carbocycles. The molecule has 102 valence electrons. The van der Waals surface area contributed by atoms with Crippen LogP contribution < -0.4 is 0 Å². The molecule has 5 atom stereocenters. The van der Waals surface area contributed by atoms with Crippen molar-refractivity contribution in [2.24, 2.45) is 5.11 Å². The molecule has 2 aliphatic rings. The van der Waals surface area contributed by atoms with Crippen molar-refractivity contribution < 1.29 is 24.1 Å². The highest BCUT2D eigenvalue weighted by Gasteiger charge is 2.50. The Morgan fingerprint density at radius 3 is 2.83 bits per heavy atom. The number of azide groups is 1. The molecule has 0 aromatic rings. The van der Waals surface area contributed by atoms with E-state index in [4.69, 9.17) is 24.5 Å². The van der Waals surface area contributed by atoms with Crippen LogP contribution >= 0.6 is 0 Å². The first-order valence-electron chi connectivity index (χ1n) is 5.71. The molecular weight excluding hydrogens is 242 g/mol. The molecule has 0 spiro atoms. The molecule has 0 amide bonds. The third-order valence-corrected chi connectivity index (χ3v) is 3.07. The largest absolute Gasteiger partial charge is 0.387 e. The zero-order chi connectivity index (χ0) is 13.3. The maximum absolute atomic E-state index is 10.0. The summed E-state index contributed by atoms with van der Waals surface area (Å²) in [5, 5.41) is 13.6. The molecule has 2 aliphatic heterocycles. The van der Waals surface area contributed by atoms with Gasteiger partial charge < -0.3 is 24.1 Å². The predicted octanol–water partition coefficient (Wildman–Crippen LogP) is 0.549. The number of nitrogens with zero attached hydrogens (tertiary/aromatic N) is 3. The number of rotatable bonds is 2. The molecule has 2 saturated heterocycles. The summed E-state index contributed by atoms with van der Waals surface area (Å²) in [6, 6.07) is -0.762. The predicted molar refractivity (Wildman–Crippen MR) is 59.5 cm³/mol. The normalized spacial score (nSPS) is 42.8. The lowest BCUT2D eigenvalue weighted by molar-refractivity contribution is -0.362. The molecular formula is C10H17N3O5. The van der Waals surface area contributed by atoms with Gasteiger partial charge in [-0.3, -0.25) is 0 Å². The molecule has 0 bridgehead atoms. The monoisotopic (exact) mass is 259 g/mol. The van der Waals surface area contributed by atoms with Crippen LogP contribution in [0.4, 0.5) is 0 Å². The molecule has 0 aromatic carbocycles. The van der Waals surface area contributed by atoms with Gasteiger partial charge in [-0.05, 0) is 19.4 Å². The number of methoxy groups -OCH3 is 1. The fourth-order valence-corrected chi connectivity index (χ4v) is 2.22. The minimum Gasteiger partial charge on any atom is -0.387 e. The van der Waals surface area contributed by atoms with Crippen molar-refractivity contribution in [2.45, 2.75) is 50.3 Å². The van der Waals surface area contributed by atoms with Crippen molar-refractivity contribution in [3.8, 4) is 0 Å². The number of hydrogen-bond acceptors (Lipinski definition) is 6. The van der Waals surface area contributed by atoms with Gasteiger partial charge in [0.2, 0.25) is 0 Å². The van der Waals surface area contributed by atoms with Crippen molar-refractivity contribution in [1.29, 1.82) is 0 Å². The Morgan fingerprint density at radius 2 is 2.22 bits per heavy atom. The summed E-state index contributed by atoms with van der Waals surface area (Å²) in [6.07, 6.45) is -2.90. The maximum atomic E-state index is 10.0. The van der Waals surface area contributed by atoms with E-state index in [1.54, 1.807) is 13.8 Å². The quantitative estimate of drug-likeness (QED) is 0.443. The Kier molecular flexibility index (Phi) is 3.76. The van der Waals surface area contributed by atoms with Crippen LogP contribution in [-0.2, 0) is 18.9 Å². The molecule has 0 saturated carbocycles. The topological polar surface area (TPSA) is 106 Å². The first-order chi connectivity index (χ1) is 8.48. The SMILES string of the molecule is CO[C@@H]1OC2COC(C)(C)OC2[C@@H](N=[N+]=[N-])[C@@H]1O. The van der Waals surface area contributed by atoms with Crippen molar-refractivity contribution in [2.75, 3.05) is 13.7 Å². The first-order valence-corrected chi connectivity index (χ1v) is 5.71. The second-order valence-corrected chi connectivity index (χ2v) is 4.76. The van der Waals surface area contributed by atoms with E-state index in [-0.39, 0.29) is 0 Å². The summed E-state index contributed by atoms with van der Waals surface area (Å²) in [5.41, 5.74) is 8.59. The second kappa shape index (κ2) is 5.00. The minimum absolute atomic E-state index is 0.293. The average molecular weight is 259 g/mol. The average Bonchev–Trinajstić information content (AvgIpc) is 2.32. The van der Waals surface area contributed by atoms with Crippen molar-refractivity contribution in [3.05, 3.63) is 10.4 Å². The number of fused-ring (bicyclic) bond motifs is 1. The summed E-state index contributed by atoms with van der Waals surface area (Å²) in [4.78, 5) is 2.75. The van der Waals surface area contributed by atoms with Gasteiger partial charge in [0.1, 0.15) is 18.3 Å². The van der Waals surface area contributed by atoms with Gasteiger partial charge in [0.15, 0.2) is 12.1 Å². The van der Waals surface area contributed by atoms with Crippen molar-refractivity contribution in [1.82, 2.24) is 0 Å². The number of aliphatic hydroxyl groups is 1. The maximum Gasteiger partial charge on any atom is 0.184 e. The molecule has 2 heterocycles. The van der Waals surface area contributed by atoms with Crippen LogP contribution in [0.3, 0.4) is 0 Å². The highest BCUT2D eigenvalue weighted by atomic mass is 16.8. The van der Waals surface area contributed by atoms with E-state index in [1.807, 2.05) is 0 Å². The van der Waals surface area contributed by atoms with E-state index < -0.39 is 36.4 Å². The van der Waals surface area contributed by atoms with Gasteiger partial charge in [-0.2, -0.15) is 0 Å². The van der Waals surface area contributed by atoms with Gasteiger partial charge in [0.05, 0.1) is 12.6 Å². The Hall–Kier alpha value is -0.890. The minimum atomic E-state index is -1.07. The summed E-state index contributed by atoms with van der Waals surface area (Å²) < 4.78 is 21.7.